The Morgan fingerprint density at radius 2 is 2.56 bits per heavy atom. The zero-order chi connectivity index (χ0) is 6.69. The first-order chi connectivity index (χ1) is 4.34. The van der Waals surface area contributed by atoms with Crippen LogP contribution in [0.15, 0.2) is 17.4 Å². The highest BCUT2D eigenvalue weighted by Gasteiger charge is 2.06. The maximum absolute atomic E-state index is 3.30. The Hall–Kier alpha value is -0.480. The summed E-state index contributed by atoms with van der Waals surface area (Å²) in [5.74, 6) is 0.767. The monoisotopic (exact) mass is 122 g/mol. The van der Waals surface area contributed by atoms with Crippen LogP contribution in [0.25, 0.3) is 0 Å². The van der Waals surface area contributed by atoms with E-state index in [-0.39, 0.29) is 0 Å². The summed E-state index contributed by atoms with van der Waals surface area (Å²) in [6, 6.07) is 0. The zero-order valence-corrected chi connectivity index (χ0v) is 6.28. The lowest BCUT2D eigenvalue weighted by Gasteiger charge is -2.06. The largest absolute Gasteiger partial charge is 0.126 e. The molecule has 0 aliphatic heterocycles. The summed E-state index contributed by atoms with van der Waals surface area (Å²) >= 11 is 0. The van der Waals surface area contributed by atoms with Crippen molar-refractivity contribution in [2.24, 2.45) is 5.92 Å². The first kappa shape index (κ1) is 6.64. The van der Waals surface area contributed by atoms with Gasteiger partial charge in [0.1, 0.15) is 0 Å². The second-order valence-corrected chi connectivity index (χ2v) is 2.72. The topological polar surface area (TPSA) is 0 Å². The maximum Gasteiger partial charge on any atom is -0.0158 e. The van der Waals surface area contributed by atoms with Crippen LogP contribution in [0.3, 0.4) is 0 Å². The van der Waals surface area contributed by atoms with Crippen molar-refractivity contribution < 1.29 is 0 Å². The van der Waals surface area contributed by atoms with E-state index in [2.05, 4.69) is 25.7 Å². The Kier molecular flexibility index (Phi) is 2.13. The summed E-state index contributed by atoms with van der Waals surface area (Å²) in [5, 5.41) is 0. The molecule has 0 heteroatoms. The molecule has 0 spiro atoms. The highest BCUT2D eigenvalue weighted by atomic mass is 14.1. The maximum atomic E-state index is 3.30. The predicted octanol–water partition coefficient (Wildman–Crippen LogP) is 2.91. The van der Waals surface area contributed by atoms with Gasteiger partial charge in [0.05, 0.1) is 0 Å². The molecule has 0 heterocycles. The molecule has 0 radical (unpaired) electrons. The standard InChI is InChI=1S/C9H14/c1-3-8(2)9-6-4-5-7-9/h4,8H,3,5,7H2,1-2H3. The minimum Gasteiger partial charge on any atom is -0.126 e. The summed E-state index contributed by atoms with van der Waals surface area (Å²) in [4.78, 5) is 0. The Morgan fingerprint density at radius 3 is 3.00 bits per heavy atom. The van der Waals surface area contributed by atoms with Crippen LogP contribution in [-0.2, 0) is 0 Å². The van der Waals surface area contributed by atoms with Crippen molar-refractivity contribution in [1.82, 2.24) is 0 Å². The fraction of sp³-hybridized carbons (Fsp3) is 0.667. The summed E-state index contributed by atoms with van der Waals surface area (Å²) in [6.07, 6.45) is 5.90. The number of hydrogen-bond acceptors (Lipinski definition) is 0. The molecule has 0 aromatic carbocycles. The van der Waals surface area contributed by atoms with Crippen LogP contribution >= 0.6 is 0 Å². The van der Waals surface area contributed by atoms with E-state index in [9.17, 15) is 0 Å². The Morgan fingerprint density at radius 1 is 1.78 bits per heavy atom. The molecule has 9 heavy (non-hydrogen) atoms. The highest BCUT2D eigenvalue weighted by Crippen LogP contribution is 2.21. The minimum atomic E-state index is 0.767. The van der Waals surface area contributed by atoms with Crippen LogP contribution in [-0.4, -0.2) is 0 Å². The van der Waals surface area contributed by atoms with E-state index in [0.29, 0.717) is 0 Å². The van der Waals surface area contributed by atoms with Gasteiger partial charge < -0.3 is 0 Å². The van der Waals surface area contributed by atoms with Crippen molar-refractivity contribution >= 4 is 0 Å². The highest BCUT2D eigenvalue weighted by molar-refractivity contribution is 5.11. The van der Waals surface area contributed by atoms with Crippen LogP contribution < -0.4 is 0 Å². The van der Waals surface area contributed by atoms with Gasteiger partial charge in [0.15, 0.2) is 0 Å². The smallest absolute Gasteiger partial charge is 0.0158 e. The molecule has 50 valence electrons. The molecule has 0 N–H and O–H groups in total. The Labute approximate surface area is 57.3 Å². The van der Waals surface area contributed by atoms with Gasteiger partial charge in [0.25, 0.3) is 0 Å². The molecule has 1 atom stereocenters. The third-order valence-electron chi connectivity index (χ3n) is 2.05. The van der Waals surface area contributed by atoms with Crippen molar-refractivity contribution in [1.29, 1.82) is 0 Å². The van der Waals surface area contributed by atoms with E-state index < -0.39 is 0 Å². The second kappa shape index (κ2) is 2.89. The molecule has 1 aliphatic rings. The number of rotatable bonds is 2. The molecule has 0 saturated carbocycles. The lowest BCUT2D eigenvalue weighted by atomic mass is 9.98. The van der Waals surface area contributed by atoms with E-state index in [1.807, 2.05) is 0 Å². The van der Waals surface area contributed by atoms with Crippen LogP contribution in [0.2, 0.25) is 0 Å². The Bertz CT molecular complexity index is 147. The van der Waals surface area contributed by atoms with Crippen LogP contribution in [0.5, 0.6) is 0 Å². The normalized spacial score (nSPS) is 20.0. The molecule has 1 aliphatic carbocycles. The fourth-order valence-corrected chi connectivity index (χ4v) is 1.14. The van der Waals surface area contributed by atoms with Crippen molar-refractivity contribution in [3.63, 3.8) is 0 Å². The second-order valence-electron chi connectivity index (χ2n) is 2.72. The zero-order valence-electron chi connectivity index (χ0n) is 6.28. The van der Waals surface area contributed by atoms with Crippen molar-refractivity contribution in [3.8, 4) is 0 Å². The molecule has 0 fully saturated rings. The average molecular weight is 122 g/mol. The molecule has 0 saturated heterocycles. The molecule has 0 amide bonds. The molecule has 1 unspecified atom stereocenters. The van der Waals surface area contributed by atoms with Crippen molar-refractivity contribution in [2.75, 3.05) is 0 Å². The quantitative estimate of drug-likeness (QED) is 0.494. The summed E-state index contributed by atoms with van der Waals surface area (Å²) in [6.45, 7) is 4.51. The third kappa shape index (κ3) is 1.46. The van der Waals surface area contributed by atoms with E-state index in [1.165, 1.54) is 24.8 Å². The summed E-state index contributed by atoms with van der Waals surface area (Å²) in [5.41, 5.74) is 4.82. The van der Waals surface area contributed by atoms with Crippen LogP contribution in [0, 0.1) is 5.92 Å². The predicted molar refractivity (Wildman–Crippen MR) is 40.3 cm³/mol. The molecular formula is C9H14. The van der Waals surface area contributed by atoms with E-state index in [0.717, 1.165) is 5.92 Å². The Balaban J connectivity index is 2.52. The van der Waals surface area contributed by atoms with Gasteiger partial charge in [-0.05, 0) is 36.8 Å². The van der Waals surface area contributed by atoms with Gasteiger partial charge in [0.2, 0.25) is 0 Å². The summed E-state index contributed by atoms with van der Waals surface area (Å²) < 4.78 is 0. The minimum absolute atomic E-state index is 0.767. The van der Waals surface area contributed by atoms with Crippen molar-refractivity contribution in [2.45, 2.75) is 33.1 Å². The van der Waals surface area contributed by atoms with Gasteiger partial charge in [0, 0.05) is 0 Å². The molecule has 0 nitrogen and oxygen atoms in total. The SMILES string of the molecule is CCC(C)C1=C=CCC1. The first-order valence-corrected chi connectivity index (χ1v) is 3.78. The van der Waals surface area contributed by atoms with E-state index in [4.69, 9.17) is 0 Å². The third-order valence-corrected chi connectivity index (χ3v) is 2.05. The van der Waals surface area contributed by atoms with Gasteiger partial charge >= 0.3 is 0 Å². The molecule has 0 aromatic rings. The van der Waals surface area contributed by atoms with Gasteiger partial charge in [-0.25, -0.2) is 0 Å². The average Bonchev–Trinajstić information content (AvgIpc) is 2.37. The lowest BCUT2D eigenvalue weighted by Crippen LogP contribution is -1.93. The first-order valence-electron chi connectivity index (χ1n) is 3.78. The van der Waals surface area contributed by atoms with Crippen LogP contribution in [0.4, 0.5) is 0 Å². The molecular weight excluding hydrogens is 108 g/mol. The lowest BCUT2D eigenvalue weighted by molar-refractivity contribution is 0.633. The molecule has 0 aromatic heterocycles. The molecule has 0 bridgehead atoms. The fourth-order valence-electron chi connectivity index (χ4n) is 1.14. The van der Waals surface area contributed by atoms with E-state index in [1.54, 1.807) is 0 Å². The summed E-state index contributed by atoms with van der Waals surface area (Å²) in [7, 11) is 0. The van der Waals surface area contributed by atoms with E-state index >= 15 is 0 Å². The van der Waals surface area contributed by atoms with Gasteiger partial charge in [-0.15, -0.1) is 5.73 Å². The molecule has 1 rings (SSSR count). The van der Waals surface area contributed by atoms with Gasteiger partial charge in [-0.2, -0.15) is 0 Å². The van der Waals surface area contributed by atoms with Gasteiger partial charge in [-0.1, -0.05) is 13.8 Å². The van der Waals surface area contributed by atoms with Gasteiger partial charge in [-0.3, -0.25) is 0 Å². The van der Waals surface area contributed by atoms with Crippen LogP contribution in [0.1, 0.15) is 33.1 Å². The number of allylic oxidation sites excluding steroid dienone is 1. The number of hydrogen-bond donors (Lipinski definition) is 0. The van der Waals surface area contributed by atoms with Crippen molar-refractivity contribution in [3.05, 3.63) is 17.4 Å².